The molecule has 0 aliphatic heterocycles. The molecule has 0 saturated carbocycles. The van der Waals surface area contributed by atoms with E-state index in [1.807, 2.05) is 49.4 Å². The lowest BCUT2D eigenvalue weighted by Crippen LogP contribution is -2.32. The summed E-state index contributed by atoms with van der Waals surface area (Å²) >= 11 is 0. The lowest BCUT2D eigenvalue weighted by atomic mass is 10.2. The van der Waals surface area contributed by atoms with Crippen LogP contribution in [0.1, 0.15) is 25.1 Å². The molecule has 0 aliphatic carbocycles. The first-order chi connectivity index (χ1) is 14.0. The second kappa shape index (κ2) is 9.28. The van der Waals surface area contributed by atoms with Crippen LogP contribution in [0.25, 0.3) is 0 Å². The summed E-state index contributed by atoms with van der Waals surface area (Å²) in [5.74, 6) is 2.83. The topological polar surface area (TPSA) is 59.5 Å². The summed E-state index contributed by atoms with van der Waals surface area (Å²) in [5.41, 5.74) is 2.93. The molecule has 1 N–H and O–H groups in total. The summed E-state index contributed by atoms with van der Waals surface area (Å²) < 4.78 is 10.8. The molecule has 6 heteroatoms. The van der Waals surface area contributed by atoms with Crippen molar-refractivity contribution >= 4 is 17.5 Å². The van der Waals surface area contributed by atoms with Gasteiger partial charge in [-0.25, -0.2) is 4.98 Å². The standard InChI is InChI=1S/C23H28N4O2/c1-16(2)27(15-18-9-7-6-8-10-18)23-24-17(3)13-22(26-23)25-20-12-11-19(28-4)14-21(20)29-5/h6-14,16H,15H2,1-5H3,(H,24,25,26). The van der Waals surface area contributed by atoms with Gasteiger partial charge in [-0.1, -0.05) is 30.3 Å². The summed E-state index contributed by atoms with van der Waals surface area (Å²) in [4.78, 5) is 11.7. The summed E-state index contributed by atoms with van der Waals surface area (Å²) in [6, 6.07) is 18.2. The van der Waals surface area contributed by atoms with Gasteiger partial charge < -0.3 is 19.7 Å². The van der Waals surface area contributed by atoms with E-state index in [2.05, 4.69) is 41.2 Å². The third kappa shape index (κ3) is 5.16. The van der Waals surface area contributed by atoms with Gasteiger partial charge in [0.25, 0.3) is 0 Å². The number of aromatic nitrogens is 2. The molecule has 0 aliphatic rings. The molecule has 29 heavy (non-hydrogen) atoms. The lowest BCUT2D eigenvalue weighted by Gasteiger charge is -2.27. The highest BCUT2D eigenvalue weighted by Gasteiger charge is 2.16. The summed E-state index contributed by atoms with van der Waals surface area (Å²) in [6.45, 7) is 7.01. The van der Waals surface area contributed by atoms with Crippen LogP contribution in [0.3, 0.4) is 0 Å². The Kier molecular flexibility index (Phi) is 6.54. The molecule has 152 valence electrons. The maximum absolute atomic E-state index is 5.49. The highest BCUT2D eigenvalue weighted by Crippen LogP contribution is 2.31. The molecule has 0 fully saturated rings. The van der Waals surface area contributed by atoms with Crippen molar-refractivity contribution in [1.82, 2.24) is 9.97 Å². The Morgan fingerprint density at radius 2 is 1.72 bits per heavy atom. The van der Waals surface area contributed by atoms with Crippen molar-refractivity contribution in [3.05, 3.63) is 65.9 Å². The van der Waals surface area contributed by atoms with Crippen molar-refractivity contribution in [1.29, 1.82) is 0 Å². The van der Waals surface area contributed by atoms with E-state index in [9.17, 15) is 0 Å². The number of nitrogens with zero attached hydrogens (tertiary/aromatic N) is 3. The van der Waals surface area contributed by atoms with Gasteiger partial charge in [0.15, 0.2) is 0 Å². The average Bonchev–Trinajstić information content (AvgIpc) is 2.72. The molecule has 3 aromatic rings. The molecule has 0 saturated heterocycles. The minimum absolute atomic E-state index is 0.250. The molecular formula is C23H28N4O2. The van der Waals surface area contributed by atoms with E-state index in [1.54, 1.807) is 14.2 Å². The Labute approximate surface area is 172 Å². The van der Waals surface area contributed by atoms with Crippen molar-refractivity contribution in [3.8, 4) is 11.5 Å². The monoisotopic (exact) mass is 392 g/mol. The van der Waals surface area contributed by atoms with Crippen LogP contribution in [-0.4, -0.2) is 30.2 Å². The van der Waals surface area contributed by atoms with Crippen molar-refractivity contribution < 1.29 is 9.47 Å². The van der Waals surface area contributed by atoms with Crippen LogP contribution < -0.4 is 19.7 Å². The van der Waals surface area contributed by atoms with Gasteiger partial charge in [0.1, 0.15) is 17.3 Å². The van der Waals surface area contributed by atoms with E-state index in [1.165, 1.54) is 5.56 Å². The van der Waals surface area contributed by atoms with E-state index in [-0.39, 0.29) is 6.04 Å². The maximum atomic E-state index is 5.49. The fourth-order valence-corrected chi connectivity index (χ4v) is 3.05. The molecule has 0 spiro atoms. The molecule has 0 unspecified atom stereocenters. The molecule has 2 aromatic carbocycles. The number of ether oxygens (including phenoxy) is 2. The van der Waals surface area contributed by atoms with Crippen LogP contribution in [0.4, 0.5) is 17.5 Å². The molecule has 6 nitrogen and oxygen atoms in total. The Morgan fingerprint density at radius 3 is 2.38 bits per heavy atom. The van der Waals surface area contributed by atoms with Crippen molar-refractivity contribution in [3.63, 3.8) is 0 Å². The highest BCUT2D eigenvalue weighted by molar-refractivity contribution is 5.66. The van der Waals surface area contributed by atoms with E-state index < -0.39 is 0 Å². The van der Waals surface area contributed by atoms with Gasteiger partial charge in [0.05, 0.1) is 19.9 Å². The van der Waals surface area contributed by atoms with E-state index in [4.69, 9.17) is 14.5 Å². The van der Waals surface area contributed by atoms with Crippen LogP contribution >= 0.6 is 0 Å². The van der Waals surface area contributed by atoms with Gasteiger partial charge in [0, 0.05) is 30.4 Å². The number of hydrogen-bond acceptors (Lipinski definition) is 6. The lowest BCUT2D eigenvalue weighted by molar-refractivity contribution is 0.395. The van der Waals surface area contributed by atoms with Gasteiger partial charge in [-0.2, -0.15) is 4.98 Å². The van der Waals surface area contributed by atoms with Crippen LogP contribution in [0.2, 0.25) is 0 Å². The normalized spacial score (nSPS) is 10.7. The first kappa shape index (κ1) is 20.5. The maximum Gasteiger partial charge on any atom is 0.228 e. The Balaban J connectivity index is 1.91. The van der Waals surface area contributed by atoms with Crippen molar-refractivity contribution in [2.45, 2.75) is 33.4 Å². The van der Waals surface area contributed by atoms with E-state index in [0.717, 1.165) is 29.5 Å². The van der Waals surface area contributed by atoms with Gasteiger partial charge in [-0.15, -0.1) is 0 Å². The molecule has 1 heterocycles. The Morgan fingerprint density at radius 1 is 0.966 bits per heavy atom. The van der Waals surface area contributed by atoms with Crippen LogP contribution in [0, 0.1) is 6.92 Å². The van der Waals surface area contributed by atoms with Gasteiger partial charge in [-0.05, 0) is 38.5 Å². The zero-order valence-electron chi connectivity index (χ0n) is 17.6. The largest absolute Gasteiger partial charge is 0.497 e. The Hall–Kier alpha value is -3.28. The third-order valence-electron chi connectivity index (χ3n) is 4.59. The minimum atomic E-state index is 0.250. The van der Waals surface area contributed by atoms with Gasteiger partial charge in [0.2, 0.25) is 5.95 Å². The van der Waals surface area contributed by atoms with Gasteiger partial charge >= 0.3 is 0 Å². The summed E-state index contributed by atoms with van der Waals surface area (Å²) in [7, 11) is 3.27. The molecule has 0 amide bonds. The zero-order valence-corrected chi connectivity index (χ0v) is 17.6. The molecular weight excluding hydrogens is 364 g/mol. The fourth-order valence-electron chi connectivity index (χ4n) is 3.05. The van der Waals surface area contributed by atoms with Crippen LogP contribution in [0.5, 0.6) is 11.5 Å². The number of rotatable bonds is 8. The Bertz CT molecular complexity index is 945. The van der Waals surface area contributed by atoms with Gasteiger partial charge in [-0.3, -0.25) is 0 Å². The first-order valence-electron chi connectivity index (χ1n) is 9.65. The number of hydrogen-bond donors (Lipinski definition) is 1. The first-order valence-corrected chi connectivity index (χ1v) is 9.65. The number of nitrogens with one attached hydrogen (secondary N) is 1. The molecule has 3 rings (SSSR count). The quantitative estimate of drug-likeness (QED) is 0.585. The van der Waals surface area contributed by atoms with E-state index >= 15 is 0 Å². The summed E-state index contributed by atoms with van der Waals surface area (Å²) in [6.07, 6.45) is 0. The average molecular weight is 393 g/mol. The third-order valence-corrected chi connectivity index (χ3v) is 4.59. The smallest absolute Gasteiger partial charge is 0.228 e. The predicted molar refractivity (Wildman–Crippen MR) is 117 cm³/mol. The zero-order chi connectivity index (χ0) is 20.8. The molecule has 0 radical (unpaired) electrons. The minimum Gasteiger partial charge on any atom is -0.497 e. The molecule has 0 bridgehead atoms. The van der Waals surface area contributed by atoms with Crippen molar-refractivity contribution in [2.75, 3.05) is 24.4 Å². The second-order valence-corrected chi connectivity index (χ2v) is 7.09. The van der Waals surface area contributed by atoms with Crippen LogP contribution in [0.15, 0.2) is 54.6 Å². The highest BCUT2D eigenvalue weighted by atomic mass is 16.5. The fraction of sp³-hybridized carbons (Fsp3) is 0.304. The summed E-state index contributed by atoms with van der Waals surface area (Å²) in [5, 5.41) is 3.36. The number of anilines is 3. The SMILES string of the molecule is COc1ccc(Nc2cc(C)nc(N(Cc3ccccc3)C(C)C)n2)c(OC)c1. The second-order valence-electron chi connectivity index (χ2n) is 7.09. The van der Waals surface area contributed by atoms with E-state index in [0.29, 0.717) is 11.7 Å². The predicted octanol–water partition coefficient (Wildman–Crippen LogP) is 4.96. The van der Waals surface area contributed by atoms with Crippen molar-refractivity contribution in [2.24, 2.45) is 0 Å². The molecule has 1 aromatic heterocycles. The number of methoxy groups -OCH3 is 2. The van der Waals surface area contributed by atoms with Crippen LogP contribution in [-0.2, 0) is 6.54 Å². The molecule has 0 atom stereocenters. The number of benzene rings is 2. The number of aryl methyl sites for hydroxylation is 1.